The summed E-state index contributed by atoms with van der Waals surface area (Å²) in [7, 11) is 0. The molecule has 0 aliphatic carbocycles. The molecule has 0 saturated carbocycles. The van der Waals surface area contributed by atoms with Crippen molar-refractivity contribution in [3.05, 3.63) is 63.0 Å². The van der Waals surface area contributed by atoms with Crippen LogP contribution in [0.25, 0.3) is 0 Å². The van der Waals surface area contributed by atoms with Gasteiger partial charge in [0.15, 0.2) is 0 Å². The highest BCUT2D eigenvalue weighted by atomic mass is 79.9. The third kappa shape index (κ3) is 3.70. The first-order valence-electron chi connectivity index (χ1n) is 6.38. The first-order valence-corrected chi connectivity index (χ1v) is 7.18. The minimum atomic E-state index is 0.0493. The van der Waals surface area contributed by atoms with Crippen molar-refractivity contribution in [1.29, 1.82) is 0 Å². The molecule has 0 radical (unpaired) electrons. The third-order valence-corrected chi connectivity index (χ3v) is 3.66. The normalized spacial score (nSPS) is 10.4. The van der Waals surface area contributed by atoms with Crippen LogP contribution in [0.15, 0.2) is 51.9 Å². The van der Waals surface area contributed by atoms with Crippen LogP contribution in [0, 0.1) is 0 Å². The summed E-state index contributed by atoms with van der Waals surface area (Å²) in [5.41, 5.74) is 2.20. The molecule has 0 aliphatic rings. The van der Waals surface area contributed by atoms with Gasteiger partial charge >= 0.3 is 0 Å². The quantitative estimate of drug-likeness (QED) is 0.912. The SMILES string of the molecule is CCCn1cc(NCc2ccccc2Br)ccc1=O. The number of hydrogen-bond donors (Lipinski definition) is 1. The van der Waals surface area contributed by atoms with E-state index in [0.717, 1.165) is 29.7 Å². The molecule has 0 saturated heterocycles. The maximum absolute atomic E-state index is 11.6. The van der Waals surface area contributed by atoms with Crippen LogP contribution in [0.3, 0.4) is 0 Å². The molecule has 1 aromatic heterocycles. The summed E-state index contributed by atoms with van der Waals surface area (Å²) in [5.74, 6) is 0. The number of halogens is 1. The number of pyridine rings is 1. The zero-order valence-corrected chi connectivity index (χ0v) is 12.5. The van der Waals surface area contributed by atoms with E-state index in [-0.39, 0.29) is 5.56 Å². The highest BCUT2D eigenvalue weighted by molar-refractivity contribution is 9.10. The van der Waals surface area contributed by atoms with Crippen molar-refractivity contribution in [1.82, 2.24) is 4.57 Å². The Morgan fingerprint density at radius 1 is 1.21 bits per heavy atom. The van der Waals surface area contributed by atoms with Crippen molar-refractivity contribution in [2.45, 2.75) is 26.4 Å². The summed E-state index contributed by atoms with van der Waals surface area (Å²) < 4.78 is 2.83. The molecule has 1 N–H and O–H groups in total. The molecule has 100 valence electrons. The van der Waals surface area contributed by atoms with Gasteiger partial charge in [0.2, 0.25) is 0 Å². The van der Waals surface area contributed by atoms with E-state index in [2.05, 4.69) is 34.2 Å². The van der Waals surface area contributed by atoms with Gasteiger partial charge in [0.25, 0.3) is 5.56 Å². The lowest BCUT2D eigenvalue weighted by Gasteiger charge is -2.10. The number of nitrogens with zero attached hydrogens (tertiary/aromatic N) is 1. The molecule has 3 nitrogen and oxygen atoms in total. The molecule has 0 atom stereocenters. The fourth-order valence-corrected chi connectivity index (χ4v) is 2.32. The number of benzene rings is 1. The van der Waals surface area contributed by atoms with Crippen molar-refractivity contribution < 1.29 is 0 Å². The average Bonchev–Trinajstić information content (AvgIpc) is 2.41. The lowest BCUT2D eigenvalue weighted by molar-refractivity contribution is 0.655. The summed E-state index contributed by atoms with van der Waals surface area (Å²) in [5, 5.41) is 3.34. The molecule has 4 heteroatoms. The topological polar surface area (TPSA) is 34.0 Å². The van der Waals surface area contributed by atoms with E-state index in [1.807, 2.05) is 30.5 Å². The highest BCUT2D eigenvalue weighted by Gasteiger charge is 2.00. The van der Waals surface area contributed by atoms with E-state index in [1.54, 1.807) is 10.6 Å². The van der Waals surface area contributed by atoms with E-state index in [1.165, 1.54) is 5.56 Å². The molecule has 1 aromatic carbocycles. The van der Waals surface area contributed by atoms with Crippen LogP contribution in [-0.2, 0) is 13.1 Å². The van der Waals surface area contributed by atoms with Gasteiger partial charge in [-0.3, -0.25) is 4.79 Å². The molecular weight excluding hydrogens is 304 g/mol. The standard InChI is InChI=1S/C15H17BrN2O/c1-2-9-18-11-13(7-8-15(18)19)17-10-12-5-3-4-6-14(12)16/h3-8,11,17H,2,9-10H2,1H3. The fraction of sp³-hybridized carbons (Fsp3) is 0.267. The van der Waals surface area contributed by atoms with Crippen molar-refractivity contribution in [2.24, 2.45) is 0 Å². The maximum Gasteiger partial charge on any atom is 0.250 e. The molecule has 0 spiro atoms. The largest absolute Gasteiger partial charge is 0.380 e. The van der Waals surface area contributed by atoms with Crippen LogP contribution in [0.5, 0.6) is 0 Å². The Kier molecular flexibility index (Phi) is 4.80. The van der Waals surface area contributed by atoms with E-state index < -0.39 is 0 Å². The second-order valence-electron chi connectivity index (χ2n) is 4.39. The summed E-state index contributed by atoms with van der Waals surface area (Å²) >= 11 is 3.53. The monoisotopic (exact) mass is 320 g/mol. The number of anilines is 1. The van der Waals surface area contributed by atoms with Crippen LogP contribution >= 0.6 is 15.9 Å². The number of hydrogen-bond acceptors (Lipinski definition) is 2. The molecular formula is C15H17BrN2O. The summed E-state index contributed by atoms with van der Waals surface area (Å²) in [4.78, 5) is 11.6. The predicted octanol–water partition coefficient (Wildman–Crippen LogP) is 3.63. The van der Waals surface area contributed by atoms with Crippen molar-refractivity contribution in [3.8, 4) is 0 Å². The Balaban J connectivity index is 2.10. The Hall–Kier alpha value is -1.55. The minimum Gasteiger partial charge on any atom is -0.380 e. The van der Waals surface area contributed by atoms with E-state index in [0.29, 0.717) is 0 Å². The summed E-state index contributed by atoms with van der Waals surface area (Å²) in [6, 6.07) is 11.5. The molecule has 0 aliphatic heterocycles. The summed E-state index contributed by atoms with van der Waals surface area (Å²) in [6.07, 6.45) is 2.83. The fourth-order valence-electron chi connectivity index (χ4n) is 1.89. The van der Waals surface area contributed by atoms with Gasteiger partial charge in [-0.25, -0.2) is 0 Å². The molecule has 0 unspecified atom stereocenters. The molecule has 19 heavy (non-hydrogen) atoms. The molecule has 2 aromatic rings. The molecule has 0 bridgehead atoms. The summed E-state index contributed by atoms with van der Waals surface area (Å²) in [6.45, 7) is 3.54. The Morgan fingerprint density at radius 2 is 2.00 bits per heavy atom. The number of aryl methyl sites for hydroxylation is 1. The zero-order valence-electron chi connectivity index (χ0n) is 10.9. The van der Waals surface area contributed by atoms with Crippen LogP contribution in [0.4, 0.5) is 5.69 Å². The van der Waals surface area contributed by atoms with Gasteiger partial charge in [-0.05, 0) is 24.1 Å². The number of nitrogens with one attached hydrogen (secondary N) is 1. The smallest absolute Gasteiger partial charge is 0.250 e. The highest BCUT2D eigenvalue weighted by Crippen LogP contribution is 2.17. The van der Waals surface area contributed by atoms with Crippen LogP contribution in [-0.4, -0.2) is 4.57 Å². The second-order valence-corrected chi connectivity index (χ2v) is 5.25. The zero-order chi connectivity index (χ0) is 13.7. The van der Waals surface area contributed by atoms with Crippen molar-refractivity contribution in [2.75, 3.05) is 5.32 Å². The van der Waals surface area contributed by atoms with E-state index >= 15 is 0 Å². The Morgan fingerprint density at radius 3 is 2.74 bits per heavy atom. The van der Waals surface area contributed by atoms with Crippen molar-refractivity contribution >= 4 is 21.6 Å². The molecule has 0 amide bonds. The Labute approximate surface area is 121 Å². The van der Waals surface area contributed by atoms with Gasteiger partial charge in [-0.1, -0.05) is 41.1 Å². The van der Waals surface area contributed by atoms with Gasteiger partial charge in [-0.15, -0.1) is 0 Å². The lowest BCUT2D eigenvalue weighted by Crippen LogP contribution is -2.18. The second kappa shape index (κ2) is 6.57. The minimum absolute atomic E-state index is 0.0493. The van der Waals surface area contributed by atoms with Crippen molar-refractivity contribution in [3.63, 3.8) is 0 Å². The average molecular weight is 321 g/mol. The van der Waals surface area contributed by atoms with Gasteiger partial charge in [0.1, 0.15) is 0 Å². The molecule has 0 fully saturated rings. The number of aromatic nitrogens is 1. The third-order valence-electron chi connectivity index (χ3n) is 2.89. The van der Waals surface area contributed by atoms with Gasteiger partial charge in [0, 0.05) is 29.8 Å². The Bertz CT molecular complexity index is 607. The van der Waals surface area contributed by atoms with E-state index in [4.69, 9.17) is 0 Å². The van der Waals surface area contributed by atoms with Crippen LogP contribution < -0.4 is 10.9 Å². The molecule has 1 heterocycles. The van der Waals surface area contributed by atoms with Crippen LogP contribution in [0.1, 0.15) is 18.9 Å². The number of rotatable bonds is 5. The van der Waals surface area contributed by atoms with E-state index in [9.17, 15) is 4.79 Å². The predicted molar refractivity (Wildman–Crippen MR) is 82.5 cm³/mol. The van der Waals surface area contributed by atoms with Gasteiger partial charge < -0.3 is 9.88 Å². The maximum atomic E-state index is 11.6. The van der Waals surface area contributed by atoms with Crippen LogP contribution in [0.2, 0.25) is 0 Å². The first-order chi connectivity index (χ1) is 9.20. The molecule has 2 rings (SSSR count). The lowest BCUT2D eigenvalue weighted by atomic mass is 10.2. The van der Waals surface area contributed by atoms with Gasteiger partial charge in [-0.2, -0.15) is 0 Å². The van der Waals surface area contributed by atoms with Gasteiger partial charge in [0.05, 0.1) is 5.69 Å². The first kappa shape index (κ1) is 13.9.